The first kappa shape index (κ1) is 13.9. The third-order valence-corrected chi connectivity index (χ3v) is 4.93. The minimum atomic E-state index is 0.322. The van der Waals surface area contributed by atoms with Crippen molar-refractivity contribution in [2.24, 2.45) is 0 Å². The van der Waals surface area contributed by atoms with Gasteiger partial charge in [-0.05, 0) is 62.4 Å². The summed E-state index contributed by atoms with van der Waals surface area (Å²) in [6.07, 6.45) is 3.81. The van der Waals surface area contributed by atoms with Crippen LogP contribution in [0.15, 0.2) is 12.1 Å². The van der Waals surface area contributed by atoms with E-state index in [9.17, 15) is 5.11 Å². The molecule has 3 rings (SSSR count). The summed E-state index contributed by atoms with van der Waals surface area (Å²) in [5.74, 6) is 1.01. The molecule has 0 spiro atoms. The fourth-order valence-corrected chi connectivity index (χ4v) is 3.93. The molecule has 1 heterocycles. The summed E-state index contributed by atoms with van der Waals surface area (Å²) in [5.41, 5.74) is 3.83. The van der Waals surface area contributed by atoms with E-state index in [0.29, 0.717) is 17.7 Å². The van der Waals surface area contributed by atoms with E-state index in [-0.39, 0.29) is 0 Å². The molecule has 1 aliphatic heterocycles. The highest BCUT2D eigenvalue weighted by molar-refractivity contribution is 5.50. The van der Waals surface area contributed by atoms with Crippen LogP contribution in [0.25, 0.3) is 0 Å². The Bertz CT molecular complexity index is 480. The Kier molecular flexibility index (Phi) is 3.99. The average molecular weight is 274 g/mol. The Balaban J connectivity index is 1.66. The number of phenols is 1. The highest BCUT2D eigenvalue weighted by atomic mass is 16.3. The van der Waals surface area contributed by atoms with Gasteiger partial charge in [-0.3, -0.25) is 0 Å². The molecule has 1 fully saturated rings. The molecule has 1 aliphatic carbocycles. The topological polar surface area (TPSA) is 35.5 Å². The second kappa shape index (κ2) is 5.74. The normalized spacial score (nSPS) is 26.1. The number of nitrogens with zero attached hydrogens (tertiary/aromatic N) is 1. The van der Waals surface area contributed by atoms with Gasteiger partial charge in [0.2, 0.25) is 0 Å². The summed E-state index contributed by atoms with van der Waals surface area (Å²) in [4.78, 5) is 2.53. The predicted octanol–water partition coefficient (Wildman–Crippen LogP) is 2.93. The number of hydrogen-bond donors (Lipinski definition) is 2. The molecule has 20 heavy (non-hydrogen) atoms. The maximum absolute atomic E-state index is 10.2. The molecule has 1 aromatic carbocycles. The average Bonchev–Trinajstić information content (AvgIpc) is 3.03. The van der Waals surface area contributed by atoms with Crippen LogP contribution in [0.3, 0.4) is 0 Å². The van der Waals surface area contributed by atoms with Crippen molar-refractivity contribution in [1.82, 2.24) is 10.2 Å². The maximum atomic E-state index is 10.2. The fourth-order valence-electron chi connectivity index (χ4n) is 3.93. The number of rotatable bonds is 4. The lowest BCUT2D eigenvalue weighted by Crippen LogP contribution is -2.31. The second-order valence-electron chi connectivity index (χ2n) is 6.42. The standard InChI is InChI=1S/C17H26N2O/c1-12-5-6-15(20)17-14(11-13(2)16(12)17)18-7-10-19-8-3-4-9-19/h5-6,13-14,18,20H,3-4,7-11H2,1-2H3. The van der Waals surface area contributed by atoms with Gasteiger partial charge in [0.15, 0.2) is 0 Å². The van der Waals surface area contributed by atoms with Crippen LogP contribution < -0.4 is 5.32 Å². The molecule has 1 aromatic rings. The monoisotopic (exact) mass is 274 g/mol. The lowest BCUT2D eigenvalue weighted by Gasteiger charge is -2.19. The first-order chi connectivity index (χ1) is 9.66. The lowest BCUT2D eigenvalue weighted by atomic mass is 9.97. The highest BCUT2D eigenvalue weighted by Gasteiger charge is 2.31. The number of benzene rings is 1. The van der Waals surface area contributed by atoms with Crippen LogP contribution in [0.1, 0.15) is 54.8 Å². The Labute approximate surface area is 122 Å². The van der Waals surface area contributed by atoms with E-state index in [2.05, 4.69) is 24.1 Å². The van der Waals surface area contributed by atoms with Gasteiger partial charge < -0.3 is 15.3 Å². The molecule has 3 nitrogen and oxygen atoms in total. The van der Waals surface area contributed by atoms with Crippen LogP contribution in [0.5, 0.6) is 5.75 Å². The van der Waals surface area contributed by atoms with Crippen molar-refractivity contribution in [3.05, 3.63) is 28.8 Å². The van der Waals surface area contributed by atoms with Crippen LogP contribution in [0, 0.1) is 6.92 Å². The van der Waals surface area contributed by atoms with Crippen molar-refractivity contribution in [1.29, 1.82) is 0 Å². The van der Waals surface area contributed by atoms with Gasteiger partial charge in [-0.1, -0.05) is 13.0 Å². The minimum absolute atomic E-state index is 0.322. The molecule has 1 saturated heterocycles. The number of fused-ring (bicyclic) bond motifs is 1. The van der Waals surface area contributed by atoms with E-state index in [1.807, 2.05) is 12.1 Å². The van der Waals surface area contributed by atoms with Crippen molar-refractivity contribution >= 4 is 0 Å². The molecule has 0 amide bonds. The van der Waals surface area contributed by atoms with E-state index in [1.165, 1.54) is 37.1 Å². The minimum Gasteiger partial charge on any atom is -0.508 e. The summed E-state index contributed by atoms with van der Waals surface area (Å²) in [7, 11) is 0. The molecule has 2 unspecified atom stereocenters. The van der Waals surface area contributed by atoms with Crippen molar-refractivity contribution in [3.8, 4) is 5.75 Å². The molecule has 0 saturated carbocycles. The number of nitrogens with one attached hydrogen (secondary N) is 1. The summed E-state index contributed by atoms with van der Waals surface area (Å²) in [6, 6.07) is 4.21. The van der Waals surface area contributed by atoms with Gasteiger partial charge in [0.05, 0.1) is 0 Å². The first-order valence-electron chi connectivity index (χ1n) is 7.95. The zero-order valence-electron chi connectivity index (χ0n) is 12.7. The molecule has 0 bridgehead atoms. The van der Waals surface area contributed by atoms with E-state index < -0.39 is 0 Å². The molecular weight excluding hydrogens is 248 g/mol. The maximum Gasteiger partial charge on any atom is 0.120 e. The van der Waals surface area contributed by atoms with Crippen LogP contribution in [-0.2, 0) is 0 Å². The van der Waals surface area contributed by atoms with E-state index in [4.69, 9.17) is 0 Å². The zero-order valence-corrected chi connectivity index (χ0v) is 12.7. The van der Waals surface area contributed by atoms with E-state index in [0.717, 1.165) is 25.1 Å². The Hall–Kier alpha value is -1.06. The van der Waals surface area contributed by atoms with Crippen molar-refractivity contribution < 1.29 is 5.11 Å². The van der Waals surface area contributed by atoms with Crippen LogP contribution in [0.4, 0.5) is 0 Å². The summed E-state index contributed by atoms with van der Waals surface area (Å²) in [6.45, 7) is 9.08. The Morgan fingerprint density at radius 3 is 2.75 bits per heavy atom. The van der Waals surface area contributed by atoms with Crippen molar-refractivity contribution in [3.63, 3.8) is 0 Å². The van der Waals surface area contributed by atoms with Crippen molar-refractivity contribution in [2.75, 3.05) is 26.2 Å². The number of aromatic hydroxyl groups is 1. The van der Waals surface area contributed by atoms with Gasteiger partial charge in [0, 0.05) is 24.7 Å². The largest absolute Gasteiger partial charge is 0.508 e. The van der Waals surface area contributed by atoms with E-state index in [1.54, 1.807) is 0 Å². The molecule has 110 valence electrons. The highest BCUT2D eigenvalue weighted by Crippen LogP contribution is 2.45. The third kappa shape index (κ3) is 2.57. The van der Waals surface area contributed by atoms with Gasteiger partial charge in [0.25, 0.3) is 0 Å². The molecular formula is C17H26N2O. The summed E-state index contributed by atoms with van der Waals surface area (Å²) in [5, 5.41) is 13.9. The van der Waals surface area contributed by atoms with Gasteiger partial charge in [-0.15, -0.1) is 0 Å². The molecule has 2 atom stereocenters. The molecule has 0 aromatic heterocycles. The summed E-state index contributed by atoms with van der Waals surface area (Å²) < 4.78 is 0. The number of hydrogen-bond acceptors (Lipinski definition) is 3. The van der Waals surface area contributed by atoms with Crippen LogP contribution >= 0.6 is 0 Å². The fraction of sp³-hybridized carbons (Fsp3) is 0.647. The molecule has 2 aliphatic rings. The molecule has 0 radical (unpaired) electrons. The Morgan fingerprint density at radius 1 is 1.25 bits per heavy atom. The summed E-state index contributed by atoms with van der Waals surface area (Å²) >= 11 is 0. The molecule has 2 N–H and O–H groups in total. The third-order valence-electron chi connectivity index (χ3n) is 4.93. The van der Waals surface area contributed by atoms with Crippen molar-refractivity contribution in [2.45, 2.75) is 45.1 Å². The number of phenolic OH excluding ortho intramolecular Hbond substituents is 1. The second-order valence-corrected chi connectivity index (χ2v) is 6.42. The quantitative estimate of drug-likeness (QED) is 0.886. The predicted molar refractivity (Wildman–Crippen MR) is 82.3 cm³/mol. The zero-order chi connectivity index (χ0) is 14.1. The van der Waals surface area contributed by atoms with Gasteiger partial charge in [-0.2, -0.15) is 0 Å². The SMILES string of the molecule is Cc1ccc(O)c2c1C(C)CC2NCCN1CCCC1. The first-order valence-corrected chi connectivity index (χ1v) is 7.95. The van der Waals surface area contributed by atoms with Gasteiger partial charge in [-0.25, -0.2) is 0 Å². The lowest BCUT2D eigenvalue weighted by molar-refractivity contribution is 0.325. The Morgan fingerprint density at radius 2 is 2.00 bits per heavy atom. The number of aryl methyl sites for hydroxylation is 1. The van der Waals surface area contributed by atoms with Gasteiger partial charge in [0.1, 0.15) is 5.75 Å². The van der Waals surface area contributed by atoms with Gasteiger partial charge >= 0.3 is 0 Å². The van der Waals surface area contributed by atoms with E-state index >= 15 is 0 Å². The number of likely N-dealkylation sites (tertiary alicyclic amines) is 1. The van der Waals surface area contributed by atoms with Crippen LogP contribution in [0.2, 0.25) is 0 Å². The van der Waals surface area contributed by atoms with Crippen LogP contribution in [-0.4, -0.2) is 36.2 Å². The molecule has 3 heteroatoms. The smallest absolute Gasteiger partial charge is 0.120 e.